The zero-order valence-electron chi connectivity index (χ0n) is 10.4. The van der Waals surface area contributed by atoms with Crippen LogP contribution < -0.4 is 10.5 Å². The standard InChI is InChI=1S/C11H13FN4O2S/c1-7-14-11(6-16(7)2)19(17,18)15-10-4-3-8(13)5-9(10)12/h3-6,15H,13H2,1-2H3. The lowest BCUT2D eigenvalue weighted by Crippen LogP contribution is -2.14. The Morgan fingerprint density at radius 1 is 1.42 bits per heavy atom. The highest BCUT2D eigenvalue weighted by molar-refractivity contribution is 7.92. The molecule has 8 heteroatoms. The van der Waals surface area contributed by atoms with Crippen LogP contribution in [-0.2, 0) is 17.1 Å². The van der Waals surface area contributed by atoms with Gasteiger partial charge < -0.3 is 10.3 Å². The number of nitrogens with one attached hydrogen (secondary N) is 1. The summed E-state index contributed by atoms with van der Waals surface area (Å²) in [6.45, 7) is 1.67. The van der Waals surface area contributed by atoms with Gasteiger partial charge in [0.15, 0.2) is 5.03 Å². The van der Waals surface area contributed by atoms with Crippen molar-refractivity contribution in [3.8, 4) is 0 Å². The molecule has 0 spiro atoms. The molecule has 6 nitrogen and oxygen atoms in total. The largest absolute Gasteiger partial charge is 0.399 e. The van der Waals surface area contributed by atoms with Crippen molar-refractivity contribution in [3.05, 3.63) is 36.0 Å². The molecule has 1 aromatic carbocycles. The minimum absolute atomic E-state index is 0.163. The number of sulfonamides is 1. The molecule has 0 bridgehead atoms. The van der Waals surface area contributed by atoms with E-state index in [2.05, 4.69) is 9.71 Å². The Balaban J connectivity index is 2.36. The second-order valence-electron chi connectivity index (χ2n) is 4.08. The molecule has 0 aliphatic rings. The van der Waals surface area contributed by atoms with Gasteiger partial charge in [0, 0.05) is 18.9 Å². The summed E-state index contributed by atoms with van der Waals surface area (Å²) in [7, 11) is -2.24. The van der Waals surface area contributed by atoms with Crippen LogP contribution in [0.4, 0.5) is 15.8 Å². The number of aryl methyl sites for hydroxylation is 2. The van der Waals surface area contributed by atoms with E-state index < -0.39 is 15.8 Å². The molecule has 0 amide bonds. The van der Waals surface area contributed by atoms with Gasteiger partial charge in [0.2, 0.25) is 0 Å². The van der Waals surface area contributed by atoms with Gasteiger partial charge in [-0.25, -0.2) is 9.37 Å². The van der Waals surface area contributed by atoms with Crippen molar-refractivity contribution in [1.29, 1.82) is 0 Å². The number of anilines is 2. The fraction of sp³-hybridized carbons (Fsp3) is 0.182. The number of benzene rings is 1. The quantitative estimate of drug-likeness (QED) is 0.830. The number of aromatic nitrogens is 2. The van der Waals surface area contributed by atoms with Crippen LogP contribution >= 0.6 is 0 Å². The van der Waals surface area contributed by atoms with Gasteiger partial charge in [-0.15, -0.1) is 0 Å². The van der Waals surface area contributed by atoms with Gasteiger partial charge in [-0.3, -0.25) is 4.72 Å². The summed E-state index contributed by atoms with van der Waals surface area (Å²) in [4.78, 5) is 3.89. The third-order valence-corrected chi connectivity index (χ3v) is 3.84. The molecular formula is C11H13FN4O2S. The van der Waals surface area contributed by atoms with Crippen LogP contribution in [0.1, 0.15) is 5.82 Å². The molecule has 102 valence electrons. The highest BCUT2D eigenvalue weighted by Crippen LogP contribution is 2.20. The van der Waals surface area contributed by atoms with Crippen LogP contribution in [0.5, 0.6) is 0 Å². The van der Waals surface area contributed by atoms with E-state index in [1.165, 1.54) is 18.3 Å². The zero-order valence-corrected chi connectivity index (χ0v) is 11.2. The van der Waals surface area contributed by atoms with Crippen molar-refractivity contribution in [3.63, 3.8) is 0 Å². The Morgan fingerprint density at radius 3 is 2.63 bits per heavy atom. The van der Waals surface area contributed by atoms with E-state index in [4.69, 9.17) is 5.73 Å². The van der Waals surface area contributed by atoms with Gasteiger partial charge in [-0.05, 0) is 25.1 Å². The van der Waals surface area contributed by atoms with E-state index >= 15 is 0 Å². The average molecular weight is 284 g/mol. The molecule has 3 N–H and O–H groups in total. The van der Waals surface area contributed by atoms with Crippen molar-refractivity contribution in [2.75, 3.05) is 10.5 Å². The van der Waals surface area contributed by atoms with Crippen molar-refractivity contribution in [1.82, 2.24) is 9.55 Å². The maximum absolute atomic E-state index is 13.5. The van der Waals surface area contributed by atoms with Gasteiger partial charge >= 0.3 is 0 Å². The summed E-state index contributed by atoms with van der Waals surface area (Å²) in [6, 6.07) is 3.71. The van der Waals surface area contributed by atoms with E-state index in [0.717, 1.165) is 6.07 Å². The predicted octanol–water partition coefficient (Wildman–Crippen LogP) is 1.25. The molecule has 0 aliphatic carbocycles. The SMILES string of the molecule is Cc1nc(S(=O)(=O)Nc2ccc(N)cc2F)cn1C. The van der Waals surface area contributed by atoms with Crippen molar-refractivity contribution >= 4 is 21.4 Å². The monoisotopic (exact) mass is 284 g/mol. The number of nitrogens with zero attached hydrogens (tertiary/aromatic N) is 2. The number of rotatable bonds is 3. The number of hydrogen-bond donors (Lipinski definition) is 2. The van der Waals surface area contributed by atoms with Crippen LogP contribution in [-0.4, -0.2) is 18.0 Å². The first-order chi connectivity index (χ1) is 8.79. The van der Waals surface area contributed by atoms with E-state index in [0.29, 0.717) is 5.82 Å². The lowest BCUT2D eigenvalue weighted by molar-refractivity contribution is 0.595. The first kappa shape index (κ1) is 13.3. The lowest BCUT2D eigenvalue weighted by Gasteiger charge is -2.07. The molecule has 0 aliphatic heterocycles. The Morgan fingerprint density at radius 2 is 2.11 bits per heavy atom. The fourth-order valence-corrected chi connectivity index (χ4v) is 2.58. The van der Waals surface area contributed by atoms with Gasteiger partial charge in [0.25, 0.3) is 10.0 Å². The fourth-order valence-electron chi connectivity index (χ4n) is 1.47. The number of nitrogens with two attached hydrogens (primary N) is 1. The number of halogens is 1. The molecule has 0 saturated carbocycles. The minimum Gasteiger partial charge on any atom is -0.399 e. The number of hydrogen-bond acceptors (Lipinski definition) is 4. The predicted molar refractivity (Wildman–Crippen MR) is 69.6 cm³/mol. The van der Waals surface area contributed by atoms with Gasteiger partial charge in [0.05, 0.1) is 5.69 Å². The molecule has 1 heterocycles. The van der Waals surface area contributed by atoms with Crippen LogP contribution in [0.3, 0.4) is 0 Å². The summed E-state index contributed by atoms with van der Waals surface area (Å²) >= 11 is 0. The van der Waals surface area contributed by atoms with E-state index in [1.54, 1.807) is 18.5 Å². The molecule has 0 atom stereocenters. The maximum Gasteiger partial charge on any atom is 0.281 e. The Hall–Kier alpha value is -2.09. The summed E-state index contributed by atoms with van der Waals surface area (Å²) in [5.74, 6) is -0.200. The third-order valence-electron chi connectivity index (χ3n) is 2.60. The second kappa shape index (κ2) is 4.54. The first-order valence-electron chi connectivity index (χ1n) is 5.37. The van der Waals surface area contributed by atoms with E-state index in [1.807, 2.05) is 0 Å². The maximum atomic E-state index is 13.5. The Labute approximate surface area is 110 Å². The third kappa shape index (κ3) is 2.68. The highest BCUT2D eigenvalue weighted by Gasteiger charge is 2.20. The topological polar surface area (TPSA) is 90.0 Å². The molecule has 2 rings (SSSR count). The van der Waals surface area contributed by atoms with E-state index in [9.17, 15) is 12.8 Å². The summed E-state index contributed by atoms with van der Waals surface area (Å²) < 4.78 is 41.3. The molecule has 1 aromatic heterocycles. The van der Waals surface area contributed by atoms with E-state index in [-0.39, 0.29) is 16.4 Å². The number of nitrogen functional groups attached to an aromatic ring is 1. The summed E-state index contributed by atoms with van der Waals surface area (Å²) in [5.41, 5.74) is 5.44. The van der Waals surface area contributed by atoms with Gasteiger partial charge in [-0.2, -0.15) is 8.42 Å². The molecule has 19 heavy (non-hydrogen) atoms. The van der Waals surface area contributed by atoms with Gasteiger partial charge in [0.1, 0.15) is 11.6 Å². The highest BCUT2D eigenvalue weighted by atomic mass is 32.2. The number of imidazole rings is 1. The molecule has 0 fully saturated rings. The normalized spacial score (nSPS) is 11.5. The average Bonchev–Trinajstić information content (AvgIpc) is 2.64. The van der Waals surface area contributed by atoms with Crippen molar-refractivity contribution in [2.45, 2.75) is 11.9 Å². The molecule has 2 aromatic rings. The van der Waals surface area contributed by atoms with Crippen LogP contribution in [0.15, 0.2) is 29.4 Å². The first-order valence-corrected chi connectivity index (χ1v) is 6.86. The summed E-state index contributed by atoms with van der Waals surface area (Å²) in [5, 5.41) is -0.163. The zero-order chi connectivity index (χ0) is 14.2. The second-order valence-corrected chi connectivity index (χ2v) is 5.71. The van der Waals surface area contributed by atoms with Gasteiger partial charge in [-0.1, -0.05) is 0 Å². The smallest absolute Gasteiger partial charge is 0.281 e. The Kier molecular flexibility index (Phi) is 3.19. The van der Waals surface area contributed by atoms with Crippen molar-refractivity contribution < 1.29 is 12.8 Å². The molecule has 0 unspecified atom stereocenters. The van der Waals surface area contributed by atoms with Crippen LogP contribution in [0.2, 0.25) is 0 Å². The molecular weight excluding hydrogens is 271 g/mol. The van der Waals surface area contributed by atoms with Crippen LogP contribution in [0.25, 0.3) is 0 Å². The van der Waals surface area contributed by atoms with Crippen molar-refractivity contribution in [2.24, 2.45) is 7.05 Å². The molecule has 0 saturated heterocycles. The van der Waals surface area contributed by atoms with Crippen LogP contribution in [0, 0.1) is 12.7 Å². The minimum atomic E-state index is -3.91. The molecule has 0 radical (unpaired) electrons. The lowest BCUT2D eigenvalue weighted by atomic mass is 10.3. The Bertz CT molecular complexity index is 705. The summed E-state index contributed by atoms with van der Waals surface area (Å²) in [6.07, 6.45) is 1.35.